The molecule has 2 fully saturated rings. The first kappa shape index (κ1) is 16.9. The second kappa shape index (κ2) is 6.88. The molecule has 0 atom stereocenters. The molecule has 1 saturated carbocycles. The zero-order chi connectivity index (χ0) is 17.2. The first-order valence-corrected chi connectivity index (χ1v) is 9.20. The van der Waals surface area contributed by atoms with Crippen LogP contribution in [0.1, 0.15) is 23.2 Å². The van der Waals surface area contributed by atoms with Crippen molar-refractivity contribution in [2.45, 2.75) is 17.7 Å². The summed E-state index contributed by atoms with van der Waals surface area (Å²) in [5, 5.41) is 0. The lowest BCUT2D eigenvalue weighted by Crippen LogP contribution is -2.42. The minimum Gasteiger partial charge on any atom is -0.379 e. The monoisotopic (exact) mass is 353 g/mol. The third kappa shape index (κ3) is 3.74. The SMILES string of the molecule is O=C(NNC(=O)C1CC1)c1cccc(S(=O)(=O)N2CCOCC2)c1. The summed E-state index contributed by atoms with van der Waals surface area (Å²) in [5.41, 5.74) is 4.83. The van der Waals surface area contributed by atoms with E-state index in [4.69, 9.17) is 4.74 Å². The fourth-order valence-electron chi connectivity index (χ4n) is 2.37. The molecule has 2 amide bonds. The number of ether oxygens (including phenoxy) is 1. The van der Waals surface area contributed by atoms with E-state index in [1.165, 1.54) is 28.6 Å². The van der Waals surface area contributed by atoms with Gasteiger partial charge in [0, 0.05) is 24.6 Å². The molecule has 0 spiro atoms. The van der Waals surface area contributed by atoms with E-state index in [1.54, 1.807) is 0 Å². The maximum absolute atomic E-state index is 12.6. The van der Waals surface area contributed by atoms with E-state index < -0.39 is 15.9 Å². The van der Waals surface area contributed by atoms with E-state index in [0.717, 1.165) is 12.8 Å². The van der Waals surface area contributed by atoms with E-state index in [2.05, 4.69) is 10.9 Å². The molecule has 1 aliphatic carbocycles. The second-order valence-corrected chi connectivity index (χ2v) is 7.70. The Labute approximate surface area is 140 Å². The van der Waals surface area contributed by atoms with Gasteiger partial charge in [-0.3, -0.25) is 20.4 Å². The molecule has 3 rings (SSSR count). The van der Waals surface area contributed by atoms with Crippen molar-refractivity contribution in [3.05, 3.63) is 29.8 Å². The molecule has 2 aliphatic rings. The van der Waals surface area contributed by atoms with E-state index >= 15 is 0 Å². The number of amides is 2. The number of hydrogen-bond acceptors (Lipinski definition) is 5. The molecule has 2 N–H and O–H groups in total. The van der Waals surface area contributed by atoms with Crippen molar-refractivity contribution in [1.82, 2.24) is 15.2 Å². The van der Waals surface area contributed by atoms with Gasteiger partial charge < -0.3 is 4.74 Å². The molecule has 9 heteroatoms. The van der Waals surface area contributed by atoms with Gasteiger partial charge in [-0.25, -0.2) is 8.42 Å². The maximum atomic E-state index is 12.6. The Morgan fingerprint density at radius 2 is 1.83 bits per heavy atom. The average molecular weight is 353 g/mol. The van der Waals surface area contributed by atoms with Crippen molar-refractivity contribution in [3.8, 4) is 0 Å². The lowest BCUT2D eigenvalue weighted by atomic mass is 10.2. The number of benzene rings is 1. The fraction of sp³-hybridized carbons (Fsp3) is 0.467. The van der Waals surface area contributed by atoms with Crippen LogP contribution in [0.3, 0.4) is 0 Å². The highest BCUT2D eigenvalue weighted by molar-refractivity contribution is 7.89. The van der Waals surface area contributed by atoms with E-state index in [0.29, 0.717) is 13.2 Å². The first-order chi connectivity index (χ1) is 11.5. The third-order valence-corrected chi connectivity index (χ3v) is 5.85. The van der Waals surface area contributed by atoms with Crippen LogP contribution in [0.5, 0.6) is 0 Å². The molecule has 1 aliphatic heterocycles. The Morgan fingerprint density at radius 1 is 1.12 bits per heavy atom. The molecular weight excluding hydrogens is 334 g/mol. The number of rotatable bonds is 4. The molecule has 0 radical (unpaired) electrons. The predicted octanol–water partition coefficient (Wildman–Crippen LogP) is -0.122. The molecule has 130 valence electrons. The van der Waals surface area contributed by atoms with Gasteiger partial charge >= 0.3 is 0 Å². The van der Waals surface area contributed by atoms with Crippen molar-refractivity contribution in [2.75, 3.05) is 26.3 Å². The van der Waals surface area contributed by atoms with Crippen LogP contribution in [0.25, 0.3) is 0 Å². The molecule has 0 bridgehead atoms. The van der Waals surface area contributed by atoms with Gasteiger partial charge in [0.1, 0.15) is 0 Å². The lowest BCUT2D eigenvalue weighted by molar-refractivity contribution is -0.123. The summed E-state index contributed by atoms with van der Waals surface area (Å²) in [6.45, 7) is 1.28. The van der Waals surface area contributed by atoms with E-state index in [9.17, 15) is 18.0 Å². The van der Waals surface area contributed by atoms with Crippen molar-refractivity contribution in [1.29, 1.82) is 0 Å². The number of carbonyl (C=O) groups is 2. The van der Waals surface area contributed by atoms with Crippen LogP contribution in [-0.2, 0) is 19.6 Å². The Morgan fingerprint density at radius 3 is 2.50 bits per heavy atom. The summed E-state index contributed by atoms with van der Waals surface area (Å²) in [7, 11) is -3.67. The number of morpholine rings is 1. The summed E-state index contributed by atoms with van der Waals surface area (Å²) in [5.74, 6) is -0.804. The van der Waals surface area contributed by atoms with Crippen LogP contribution < -0.4 is 10.9 Å². The highest BCUT2D eigenvalue weighted by Crippen LogP contribution is 2.28. The van der Waals surface area contributed by atoms with Gasteiger partial charge in [0.05, 0.1) is 18.1 Å². The average Bonchev–Trinajstić information content (AvgIpc) is 3.45. The van der Waals surface area contributed by atoms with Crippen LogP contribution in [0.4, 0.5) is 0 Å². The molecule has 8 nitrogen and oxygen atoms in total. The summed E-state index contributed by atoms with van der Waals surface area (Å²) in [6, 6.07) is 5.76. The second-order valence-electron chi connectivity index (χ2n) is 5.76. The highest BCUT2D eigenvalue weighted by atomic mass is 32.2. The van der Waals surface area contributed by atoms with Gasteiger partial charge in [-0.15, -0.1) is 0 Å². The molecule has 1 heterocycles. The molecule has 1 aromatic rings. The van der Waals surface area contributed by atoms with Gasteiger partial charge in [-0.05, 0) is 31.0 Å². The van der Waals surface area contributed by atoms with Crippen molar-refractivity contribution >= 4 is 21.8 Å². The highest BCUT2D eigenvalue weighted by Gasteiger charge is 2.30. The smallest absolute Gasteiger partial charge is 0.269 e. The van der Waals surface area contributed by atoms with Gasteiger partial charge in [-0.2, -0.15) is 4.31 Å². The first-order valence-electron chi connectivity index (χ1n) is 7.76. The van der Waals surface area contributed by atoms with Crippen molar-refractivity contribution in [2.24, 2.45) is 5.92 Å². The number of hydrogen-bond donors (Lipinski definition) is 2. The van der Waals surface area contributed by atoms with Crippen molar-refractivity contribution in [3.63, 3.8) is 0 Å². The lowest BCUT2D eigenvalue weighted by Gasteiger charge is -2.26. The van der Waals surface area contributed by atoms with E-state index in [1.807, 2.05) is 0 Å². The summed E-state index contributed by atoms with van der Waals surface area (Å²) in [6.07, 6.45) is 1.66. The van der Waals surface area contributed by atoms with Crippen LogP contribution in [-0.4, -0.2) is 50.8 Å². The Hall–Kier alpha value is -1.97. The molecule has 1 saturated heterocycles. The van der Waals surface area contributed by atoms with Crippen LogP contribution in [0.2, 0.25) is 0 Å². The van der Waals surface area contributed by atoms with Crippen LogP contribution in [0.15, 0.2) is 29.2 Å². The largest absolute Gasteiger partial charge is 0.379 e. The zero-order valence-electron chi connectivity index (χ0n) is 13.0. The van der Waals surface area contributed by atoms with Crippen molar-refractivity contribution < 1.29 is 22.7 Å². The minimum absolute atomic E-state index is 0.0293. The summed E-state index contributed by atoms with van der Waals surface area (Å²) in [4.78, 5) is 23.7. The van der Waals surface area contributed by atoms with Gasteiger partial charge in [-0.1, -0.05) is 6.07 Å². The third-order valence-electron chi connectivity index (χ3n) is 3.95. The Kier molecular flexibility index (Phi) is 4.83. The molecule has 0 aromatic heterocycles. The Balaban J connectivity index is 1.70. The molecule has 1 aromatic carbocycles. The van der Waals surface area contributed by atoms with E-state index in [-0.39, 0.29) is 35.4 Å². The number of carbonyl (C=O) groups excluding carboxylic acids is 2. The molecule has 24 heavy (non-hydrogen) atoms. The number of nitrogens with zero attached hydrogens (tertiary/aromatic N) is 1. The molecule has 0 unspecified atom stereocenters. The minimum atomic E-state index is -3.67. The predicted molar refractivity (Wildman–Crippen MR) is 84.4 cm³/mol. The van der Waals surface area contributed by atoms with Gasteiger partial charge in [0.2, 0.25) is 15.9 Å². The maximum Gasteiger partial charge on any atom is 0.269 e. The standard InChI is InChI=1S/C15H19N3O5S/c19-14(11-4-5-11)16-17-15(20)12-2-1-3-13(10-12)24(21,22)18-6-8-23-9-7-18/h1-3,10-11H,4-9H2,(H,16,19)(H,17,20). The van der Waals surface area contributed by atoms with Gasteiger partial charge in [0.25, 0.3) is 5.91 Å². The topological polar surface area (TPSA) is 105 Å². The normalized spacial score (nSPS) is 18.8. The van der Waals surface area contributed by atoms with Crippen LogP contribution >= 0.6 is 0 Å². The summed E-state index contributed by atoms with van der Waals surface area (Å²) < 4.78 is 31.7. The molecular formula is C15H19N3O5S. The van der Waals surface area contributed by atoms with Gasteiger partial charge in [0.15, 0.2) is 0 Å². The number of hydrazine groups is 1. The Bertz CT molecular complexity index is 739. The quantitative estimate of drug-likeness (QED) is 0.734. The fourth-order valence-corrected chi connectivity index (χ4v) is 3.83. The number of nitrogens with one attached hydrogen (secondary N) is 2. The zero-order valence-corrected chi connectivity index (χ0v) is 13.8. The van der Waals surface area contributed by atoms with Crippen LogP contribution in [0, 0.1) is 5.92 Å². The summed E-state index contributed by atoms with van der Waals surface area (Å²) >= 11 is 0. The number of sulfonamides is 1.